The molecule has 1 aliphatic rings. The molecule has 0 amide bonds. The zero-order chi connectivity index (χ0) is 12.6. The van der Waals surface area contributed by atoms with Crippen LogP contribution in [0.5, 0.6) is 0 Å². The molecule has 102 valence electrons. The Kier molecular flexibility index (Phi) is 7.67. The molecule has 1 saturated carbocycles. The van der Waals surface area contributed by atoms with Gasteiger partial charge in [0.15, 0.2) is 0 Å². The summed E-state index contributed by atoms with van der Waals surface area (Å²) in [6.07, 6.45) is 7.89. The number of rotatable bonds is 7. The molecular weight excluding hydrogens is 282 g/mol. The molecule has 0 bridgehead atoms. The van der Waals surface area contributed by atoms with Gasteiger partial charge >= 0.3 is 0 Å². The Balaban J connectivity index is 2.56. The van der Waals surface area contributed by atoms with Crippen LogP contribution in [0.3, 0.4) is 0 Å². The number of nitrogens with zero attached hydrogens (tertiary/aromatic N) is 1. The average Bonchev–Trinajstić information content (AvgIpc) is 2.56. The van der Waals surface area contributed by atoms with Crippen LogP contribution in [0.4, 0.5) is 0 Å². The minimum atomic E-state index is 0.179. The monoisotopic (exact) mass is 307 g/mol. The molecule has 0 unspecified atom stereocenters. The van der Waals surface area contributed by atoms with E-state index >= 15 is 0 Å². The second kappa shape index (κ2) is 8.46. The number of aliphatic hydroxyl groups excluding tert-OH is 2. The predicted molar refractivity (Wildman–Crippen MR) is 74.5 cm³/mol. The Morgan fingerprint density at radius 3 is 1.88 bits per heavy atom. The zero-order valence-corrected chi connectivity index (χ0v) is 12.3. The van der Waals surface area contributed by atoms with E-state index in [2.05, 4.69) is 20.8 Å². The highest BCUT2D eigenvalue weighted by molar-refractivity contribution is 9.09. The van der Waals surface area contributed by atoms with E-state index in [1.807, 2.05) is 0 Å². The summed E-state index contributed by atoms with van der Waals surface area (Å²) in [6, 6.07) is 0. The molecule has 0 aromatic carbocycles. The number of aliphatic hydroxyl groups is 2. The summed E-state index contributed by atoms with van der Waals surface area (Å²) in [7, 11) is 0. The van der Waals surface area contributed by atoms with E-state index < -0.39 is 0 Å². The minimum absolute atomic E-state index is 0.179. The van der Waals surface area contributed by atoms with Crippen molar-refractivity contribution < 1.29 is 10.2 Å². The van der Waals surface area contributed by atoms with Crippen molar-refractivity contribution >= 4 is 15.9 Å². The number of hydrogen-bond donors (Lipinski definition) is 2. The first-order valence-corrected chi connectivity index (χ1v) is 7.88. The van der Waals surface area contributed by atoms with E-state index in [0.29, 0.717) is 18.5 Å². The molecule has 0 aromatic rings. The standard InChI is InChI=1S/C13H26BrNO2/c14-11-13(5-3-1-2-4-6-13)12-15(7-9-16)8-10-17/h16-17H,1-12H2. The summed E-state index contributed by atoms with van der Waals surface area (Å²) in [5, 5.41) is 19.2. The molecule has 4 heteroatoms. The summed E-state index contributed by atoms with van der Waals surface area (Å²) in [4.78, 5) is 2.20. The van der Waals surface area contributed by atoms with E-state index in [1.165, 1.54) is 38.5 Å². The summed E-state index contributed by atoms with van der Waals surface area (Å²) < 4.78 is 0. The van der Waals surface area contributed by atoms with Gasteiger partial charge in [0.05, 0.1) is 13.2 Å². The van der Waals surface area contributed by atoms with Gasteiger partial charge in [-0.25, -0.2) is 0 Å². The van der Waals surface area contributed by atoms with Crippen LogP contribution in [-0.4, -0.2) is 53.3 Å². The Bertz CT molecular complexity index is 188. The fraction of sp³-hybridized carbons (Fsp3) is 1.00. The smallest absolute Gasteiger partial charge is 0.0558 e. The molecule has 0 saturated heterocycles. The van der Waals surface area contributed by atoms with E-state index in [1.54, 1.807) is 0 Å². The van der Waals surface area contributed by atoms with Crippen LogP contribution in [0, 0.1) is 5.41 Å². The first kappa shape index (κ1) is 15.4. The Hall–Kier alpha value is 0.360. The maximum atomic E-state index is 9.07. The maximum Gasteiger partial charge on any atom is 0.0558 e. The van der Waals surface area contributed by atoms with E-state index in [9.17, 15) is 0 Å². The molecule has 17 heavy (non-hydrogen) atoms. The van der Waals surface area contributed by atoms with Crippen LogP contribution in [0.15, 0.2) is 0 Å². The quantitative estimate of drug-likeness (QED) is 0.558. The van der Waals surface area contributed by atoms with Crippen LogP contribution < -0.4 is 0 Å². The van der Waals surface area contributed by atoms with Gasteiger partial charge in [-0.2, -0.15) is 0 Å². The molecule has 0 radical (unpaired) electrons. The lowest BCUT2D eigenvalue weighted by molar-refractivity contribution is 0.106. The fourth-order valence-corrected chi connectivity index (χ4v) is 3.58. The summed E-state index contributed by atoms with van der Waals surface area (Å²) in [5.41, 5.74) is 0.348. The van der Waals surface area contributed by atoms with Gasteiger partial charge in [0, 0.05) is 25.0 Å². The topological polar surface area (TPSA) is 43.7 Å². The highest BCUT2D eigenvalue weighted by Crippen LogP contribution is 2.37. The Morgan fingerprint density at radius 2 is 1.47 bits per heavy atom. The first-order chi connectivity index (χ1) is 8.26. The van der Waals surface area contributed by atoms with Gasteiger partial charge in [0.2, 0.25) is 0 Å². The van der Waals surface area contributed by atoms with E-state index in [0.717, 1.165) is 11.9 Å². The highest BCUT2D eigenvalue weighted by atomic mass is 79.9. The van der Waals surface area contributed by atoms with Crippen molar-refractivity contribution in [2.75, 3.05) is 38.2 Å². The van der Waals surface area contributed by atoms with Gasteiger partial charge in [0.25, 0.3) is 0 Å². The largest absolute Gasteiger partial charge is 0.395 e. The molecule has 0 heterocycles. The molecule has 0 aliphatic heterocycles. The predicted octanol–water partition coefficient (Wildman–Crippen LogP) is 2.01. The molecular formula is C13H26BrNO2. The molecule has 1 aliphatic carbocycles. The molecule has 3 nitrogen and oxygen atoms in total. The van der Waals surface area contributed by atoms with Crippen LogP contribution in [0.25, 0.3) is 0 Å². The van der Waals surface area contributed by atoms with Crippen molar-refractivity contribution in [1.29, 1.82) is 0 Å². The van der Waals surface area contributed by atoms with Crippen molar-refractivity contribution in [3.63, 3.8) is 0 Å². The third-order valence-electron chi connectivity index (χ3n) is 3.84. The van der Waals surface area contributed by atoms with Gasteiger partial charge in [-0.15, -0.1) is 0 Å². The zero-order valence-electron chi connectivity index (χ0n) is 10.7. The van der Waals surface area contributed by atoms with Gasteiger partial charge in [-0.1, -0.05) is 41.6 Å². The second-order valence-electron chi connectivity index (χ2n) is 5.27. The maximum absolute atomic E-state index is 9.07. The summed E-state index contributed by atoms with van der Waals surface area (Å²) in [6.45, 7) is 2.71. The lowest BCUT2D eigenvalue weighted by atomic mass is 9.82. The third kappa shape index (κ3) is 5.25. The fourth-order valence-electron chi connectivity index (χ4n) is 2.84. The molecule has 0 spiro atoms. The molecule has 1 rings (SSSR count). The average molecular weight is 308 g/mol. The SMILES string of the molecule is OCCN(CCO)CC1(CBr)CCCCCC1. The minimum Gasteiger partial charge on any atom is -0.395 e. The van der Waals surface area contributed by atoms with Crippen molar-refractivity contribution in [3.8, 4) is 0 Å². The van der Waals surface area contributed by atoms with Crippen LogP contribution in [-0.2, 0) is 0 Å². The van der Waals surface area contributed by atoms with Crippen molar-refractivity contribution in [3.05, 3.63) is 0 Å². The van der Waals surface area contributed by atoms with Crippen LogP contribution in [0.1, 0.15) is 38.5 Å². The third-order valence-corrected chi connectivity index (χ3v) is 5.03. The molecule has 1 fully saturated rings. The van der Waals surface area contributed by atoms with Crippen LogP contribution >= 0.6 is 15.9 Å². The molecule has 0 atom stereocenters. The number of hydrogen-bond acceptors (Lipinski definition) is 3. The second-order valence-corrected chi connectivity index (χ2v) is 5.83. The first-order valence-electron chi connectivity index (χ1n) is 6.76. The Labute approximate surface area is 113 Å². The van der Waals surface area contributed by atoms with E-state index in [4.69, 9.17) is 10.2 Å². The van der Waals surface area contributed by atoms with Gasteiger partial charge in [-0.05, 0) is 18.3 Å². The summed E-state index contributed by atoms with van der Waals surface area (Å²) in [5.74, 6) is 0. The van der Waals surface area contributed by atoms with Crippen molar-refractivity contribution in [2.45, 2.75) is 38.5 Å². The highest BCUT2D eigenvalue weighted by Gasteiger charge is 2.31. The lowest BCUT2D eigenvalue weighted by Crippen LogP contribution is -2.41. The van der Waals surface area contributed by atoms with Crippen molar-refractivity contribution in [1.82, 2.24) is 4.90 Å². The van der Waals surface area contributed by atoms with Crippen molar-refractivity contribution in [2.24, 2.45) is 5.41 Å². The van der Waals surface area contributed by atoms with Gasteiger partial charge in [-0.3, -0.25) is 4.90 Å². The summed E-state index contributed by atoms with van der Waals surface area (Å²) >= 11 is 3.68. The number of alkyl halides is 1. The Morgan fingerprint density at radius 1 is 0.941 bits per heavy atom. The molecule has 2 N–H and O–H groups in total. The molecule has 0 aromatic heterocycles. The van der Waals surface area contributed by atoms with Crippen LogP contribution in [0.2, 0.25) is 0 Å². The lowest BCUT2D eigenvalue weighted by Gasteiger charge is -2.36. The van der Waals surface area contributed by atoms with E-state index in [-0.39, 0.29) is 13.2 Å². The number of halogens is 1. The van der Waals surface area contributed by atoms with Gasteiger partial charge < -0.3 is 10.2 Å². The van der Waals surface area contributed by atoms with Gasteiger partial charge in [0.1, 0.15) is 0 Å². The normalized spacial score (nSPS) is 20.5.